The number of H-pyrrole nitrogens is 1. The fraction of sp³-hybridized carbons (Fsp3) is 0.483. The van der Waals surface area contributed by atoms with Crippen molar-refractivity contribution in [1.82, 2.24) is 62.6 Å². The van der Waals surface area contributed by atoms with E-state index in [0.717, 1.165) is 16.0 Å². The molecule has 462 valence electrons. The molecule has 3 aliphatic rings. The van der Waals surface area contributed by atoms with E-state index in [1.54, 1.807) is 37.5 Å². The maximum absolute atomic E-state index is 14.5. The van der Waals surface area contributed by atoms with Gasteiger partial charge in [-0.1, -0.05) is 48.5 Å². The SMILES string of the molecule is CNC[C@H](NC(=O)CCC(=O)NCc1ccc(CCNC(=O)C2CCCN2C(=O)[C@H](C)NC(=O)[C@@H](N)[C@@H](C)O)cc1)C(=O)NCC(=O)N[C@H]1Cc2cccc(c2)CNC(=O)COC2CCN(C(=O)[C@H](Cc3c[nH]c4ccc(F)cc34)NC1=O)C2N=O. The Morgan fingerprint density at radius 3 is 2.36 bits per heavy atom. The van der Waals surface area contributed by atoms with E-state index in [2.05, 4.69) is 58.0 Å². The summed E-state index contributed by atoms with van der Waals surface area (Å²) < 4.78 is 20.3. The Balaban J connectivity index is 0.892. The number of nitrogens with two attached hydrogens (primary N) is 1. The number of carbonyl (C=O) groups is 10. The second-order valence-corrected chi connectivity index (χ2v) is 21.6. The third-order valence-corrected chi connectivity index (χ3v) is 15.1. The third-order valence-electron chi connectivity index (χ3n) is 15.1. The van der Waals surface area contributed by atoms with Crippen LogP contribution >= 0.6 is 0 Å². The van der Waals surface area contributed by atoms with Crippen LogP contribution in [0, 0.1) is 10.7 Å². The molecule has 4 heterocycles. The van der Waals surface area contributed by atoms with Gasteiger partial charge in [-0.15, -0.1) is 4.91 Å². The Kier molecular flexibility index (Phi) is 23.3. The minimum Gasteiger partial charge on any atom is -0.391 e. The first-order valence-electron chi connectivity index (χ1n) is 28.5. The fourth-order valence-corrected chi connectivity index (χ4v) is 10.4. The van der Waals surface area contributed by atoms with Crippen LogP contribution in [0.3, 0.4) is 0 Å². The molecule has 0 spiro atoms. The summed E-state index contributed by atoms with van der Waals surface area (Å²) in [5.74, 6) is -6.66. The summed E-state index contributed by atoms with van der Waals surface area (Å²) >= 11 is 0. The van der Waals surface area contributed by atoms with Crippen LogP contribution in [-0.2, 0) is 85.0 Å². The van der Waals surface area contributed by atoms with Gasteiger partial charge in [-0.25, -0.2) is 4.39 Å². The van der Waals surface area contributed by atoms with Crippen LogP contribution in [0.5, 0.6) is 0 Å². The average Bonchev–Trinajstić information content (AvgIpc) is 3.87. The van der Waals surface area contributed by atoms with Crippen LogP contribution < -0.4 is 53.6 Å². The number of likely N-dealkylation sites (tertiary alicyclic amines) is 1. The molecule has 3 aromatic carbocycles. The summed E-state index contributed by atoms with van der Waals surface area (Å²) in [6.07, 6.45) is -0.961. The van der Waals surface area contributed by atoms with Crippen molar-refractivity contribution in [2.24, 2.45) is 10.9 Å². The Labute approximate surface area is 494 Å². The van der Waals surface area contributed by atoms with Gasteiger partial charge in [-0.2, -0.15) is 0 Å². The second kappa shape index (κ2) is 30.9. The van der Waals surface area contributed by atoms with Crippen molar-refractivity contribution in [2.75, 3.05) is 46.4 Å². The highest BCUT2D eigenvalue weighted by Crippen LogP contribution is 2.26. The Morgan fingerprint density at radius 2 is 1.62 bits per heavy atom. The Bertz CT molecular complexity index is 3130. The number of nitrogens with one attached hydrogen (secondary N) is 10. The first-order chi connectivity index (χ1) is 41.2. The first kappa shape index (κ1) is 64.8. The topological polar surface area (TPSA) is 386 Å². The largest absolute Gasteiger partial charge is 0.391 e. The van der Waals surface area contributed by atoms with E-state index in [1.165, 1.54) is 36.9 Å². The molecular weight excluding hydrogens is 1120 g/mol. The monoisotopic (exact) mass is 1190 g/mol. The molecule has 10 amide bonds. The number of fused-ring (bicyclic) bond motifs is 5. The lowest BCUT2D eigenvalue weighted by Gasteiger charge is -2.29. The predicted molar refractivity (Wildman–Crippen MR) is 309 cm³/mol. The van der Waals surface area contributed by atoms with Gasteiger partial charge < -0.3 is 78.2 Å². The van der Waals surface area contributed by atoms with Gasteiger partial charge in [-0.3, -0.25) is 47.9 Å². The van der Waals surface area contributed by atoms with E-state index in [0.29, 0.717) is 53.4 Å². The molecule has 86 heavy (non-hydrogen) atoms. The number of hydrogen-bond acceptors (Lipinski definition) is 16. The van der Waals surface area contributed by atoms with Crippen LogP contribution in [0.2, 0.25) is 0 Å². The van der Waals surface area contributed by atoms with E-state index < -0.39 is 127 Å². The van der Waals surface area contributed by atoms with Gasteiger partial charge in [0.05, 0.1) is 12.6 Å². The molecule has 1 aromatic heterocycles. The molecule has 7 rings (SSSR count). The molecule has 2 saturated heterocycles. The van der Waals surface area contributed by atoms with Crippen molar-refractivity contribution < 1.29 is 62.2 Å². The number of benzene rings is 3. The molecule has 4 bridgehead atoms. The van der Waals surface area contributed by atoms with Crippen molar-refractivity contribution in [1.29, 1.82) is 0 Å². The van der Waals surface area contributed by atoms with Crippen molar-refractivity contribution >= 4 is 70.0 Å². The fourth-order valence-electron chi connectivity index (χ4n) is 10.4. The Hall–Kier alpha value is -8.73. The first-order valence-corrected chi connectivity index (χ1v) is 28.5. The van der Waals surface area contributed by atoms with Crippen LogP contribution in [0.25, 0.3) is 10.9 Å². The van der Waals surface area contributed by atoms with Gasteiger partial charge in [0, 0.05) is 82.1 Å². The summed E-state index contributed by atoms with van der Waals surface area (Å²) in [4.78, 5) is 151. The van der Waals surface area contributed by atoms with Crippen LogP contribution in [-0.4, -0.2) is 180 Å². The smallest absolute Gasteiger partial charge is 0.247 e. The minimum atomic E-state index is -1.39. The van der Waals surface area contributed by atoms with Gasteiger partial charge in [0.2, 0.25) is 59.1 Å². The zero-order valence-corrected chi connectivity index (χ0v) is 48.1. The quantitative estimate of drug-likeness (QED) is 0.0364. The number of carbonyl (C=O) groups excluding carboxylic acids is 10. The maximum atomic E-state index is 14.5. The summed E-state index contributed by atoms with van der Waals surface area (Å²) in [6, 6.07) is 11.4. The molecule has 27 nitrogen and oxygen atoms in total. The highest BCUT2D eigenvalue weighted by atomic mass is 19.1. The number of nitroso groups, excluding NO2 is 1. The molecule has 9 atom stereocenters. The molecule has 4 aromatic rings. The van der Waals surface area contributed by atoms with E-state index in [1.807, 2.05) is 24.3 Å². The lowest BCUT2D eigenvalue weighted by molar-refractivity contribution is -0.141. The highest BCUT2D eigenvalue weighted by Gasteiger charge is 2.43. The summed E-state index contributed by atoms with van der Waals surface area (Å²) in [7, 11) is 1.54. The van der Waals surface area contributed by atoms with Crippen LogP contribution in [0.4, 0.5) is 4.39 Å². The van der Waals surface area contributed by atoms with Gasteiger partial charge in [0.1, 0.15) is 54.8 Å². The third kappa shape index (κ3) is 17.9. The van der Waals surface area contributed by atoms with Crippen LogP contribution in [0.15, 0.2) is 78.1 Å². The van der Waals surface area contributed by atoms with Crippen molar-refractivity contribution in [3.8, 4) is 0 Å². The summed E-state index contributed by atoms with van der Waals surface area (Å²) in [6.45, 7) is 2.55. The molecule has 0 aliphatic carbocycles. The van der Waals surface area contributed by atoms with Crippen molar-refractivity contribution in [3.63, 3.8) is 0 Å². The summed E-state index contributed by atoms with van der Waals surface area (Å²) in [5.41, 5.74) is 9.53. The van der Waals surface area contributed by atoms with E-state index in [-0.39, 0.29) is 70.7 Å². The number of ether oxygens (including phenoxy) is 1. The molecule has 28 heteroatoms. The van der Waals surface area contributed by atoms with E-state index in [9.17, 15) is 62.3 Å². The van der Waals surface area contributed by atoms with Gasteiger partial charge >= 0.3 is 0 Å². The lowest BCUT2D eigenvalue weighted by atomic mass is 10.0. The number of hydrogen-bond donors (Lipinski definition) is 12. The van der Waals surface area contributed by atoms with E-state index >= 15 is 0 Å². The van der Waals surface area contributed by atoms with Gasteiger partial charge in [-0.05, 0) is 97.8 Å². The Morgan fingerprint density at radius 1 is 0.872 bits per heavy atom. The normalized spacial score (nSPS) is 20.5. The zero-order valence-electron chi connectivity index (χ0n) is 48.1. The molecule has 3 aliphatic heterocycles. The molecule has 2 fully saturated rings. The molecule has 0 saturated carbocycles. The van der Waals surface area contributed by atoms with Crippen molar-refractivity contribution in [2.45, 2.75) is 133 Å². The molecule has 3 unspecified atom stereocenters. The predicted octanol–water partition coefficient (Wildman–Crippen LogP) is -1.82. The number of rotatable bonds is 23. The van der Waals surface area contributed by atoms with Crippen molar-refractivity contribution in [3.05, 3.63) is 111 Å². The molecule has 0 radical (unpaired) electrons. The number of likely N-dealkylation sites (N-methyl/N-ethyl adjacent to an activating group) is 1. The number of aromatic nitrogens is 1. The lowest BCUT2D eigenvalue weighted by Crippen LogP contribution is -2.58. The number of aliphatic hydroxyl groups is 1. The second-order valence-electron chi connectivity index (χ2n) is 21.6. The number of amides is 10. The molecular formula is C58H75FN14O13. The molecule has 13 N–H and O–H groups in total. The van der Waals surface area contributed by atoms with Gasteiger partial charge in [0.25, 0.3) is 0 Å². The minimum absolute atomic E-state index is 0.0108. The van der Waals surface area contributed by atoms with Gasteiger partial charge in [0.15, 0.2) is 6.17 Å². The zero-order chi connectivity index (χ0) is 62.0. The number of nitrogens with zero attached hydrogens (tertiary/aromatic N) is 3. The summed E-state index contributed by atoms with van der Waals surface area (Å²) in [5, 5.41) is 37.4. The van der Waals surface area contributed by atoms with E-state index in [4.69, 9.17) is 10.5 Å². The average molecular weight is 1200 g/mol. The number of aliphatic hydroxyl groups excluding tert-OH is 1. The standard InChI is InChI=1S/C58H75FN14O13/c1-32(67-56(82)51(60)33(2)74)57(83)72-20-5-8-45(72)55(81)62-19-17-34-9-11-35(12-10-34)26-64-47(75)15-16-48(76)69-44(29-61-3)53(79)66-30-49(77)68-42-23-36-6-4-7-37(22-36)27-65-50(78)31-86-46-18-21-73(52(46)71-85)58(84)43(70-54(42)80)24-38-28-63-41-14-13-39(59)25-40(38)41/h4,6-7,9-14,22,25,28,32-33,42-46,51-52,61,63,74H,5,8,15-21,23-24,26-27,29-31,60H2,1-3H3,(H,62,81)(H,64,75)(H,65,78)(H,66,79)(H,67,82)(H,68,77)(H,69,76)(H,70,80)/t32-,33+,42-,43-,44-,45?,46?,51-,52?/m0/s1. The maximum Gasteiger partial charge on any atom is 0.247 e. The number of aromatic amines is 1. The number of halogens is 1. The van der Waals surface area contributed by atoms with Crippen LogP contribution in [0.1, 0.15) is 73.8 Å². The highest BCUT2D eigenvalue weighted by molar-refractivity contribution is 5.96.